The summed E-state index contributed by atoms with van der Waals surface area (Å²) in [6.45, 7) is 3.17. The number of aromatic nitrogens is 3. The number of nitrogens with zero attached hydrogens (tertiary/aromatic N) is 5. The molecule has 5 rings (SSSR count). The van der Waals surface area contributed by atoms with Crippen LogP contribution in [0.3, 0.4) is 0 Å². The van der Waals surface area contributed by atoms with Gasteiger partial charge in [-0.2, -0.15) is 0 Å². The summed E-state index contributed by atoms with van der Waals surface area (Å²) in [6.07, 6.45) is 4.14. The van der Waals surface area contributed by atoms with Crippen molar-refractivity contribution in [1.29, 1.82) is 0 Å². The topological polar surface area (TPSA) is 63.5 Å². The third-order valence-electron chi connectivity index (χ3n) is 5.75. The molecule has 7 heteroatoms. The first-order valence-corrected chi connectivity index (χ1v) is 9.62. The van der Waals surface area contributed by atoms with Crippen molar-refractivity contribution < 1.29 is 9.53 Å². The van der Waals surface area contributed by atoms with E-state index >= 15 is 0 Å². The van der Waals surface area contributed by atoms with Gasteiger partial charge in [-0.05, 0) is 37.4 Å². The van der Waals surface area contributed by atoms with Gasteiger partial charge in [0.05, 0.1) is 18.7 Å². The number of amides is 1. The lowest BCUT2D eigenvalue weighted by Gasteiger charge is -2.49. The third kappa shape index (κ3) is 3.98. The molecule has 1 amide bonds. The number of ether oxygens (including phenoxy) is 1. The van der Waals surface area contributed by atoms with E-state index in [0.717, 1.165) is 43.9 Å². The smallest absolute Gasteiger partial charge is 0.226 e. The fourth-order valence-electron chi connectivity index (χ4n) is 4.32. The van der Waals surface area contributed by atoms with Crippen LogP contribution in [0.4, 0.5) is 0 Å². The quantitative estimate of drug-likeness (QED) is 0.775. The molecule has 0 spiro atoms. The van der Waals surface area contributed by atoms with E-state index in [-0.39, 0.29) is 11.8 Å². The maximum absolute atomic E-state index is 12.4. The summed E-state index contributed by atoms with van der Waals surface area (Å²) >= 11 is 0. The van der Waals surface area contributed by atoms with Gasteiger partial charge >= 0.3 is 0 Å². The van der Waals surface area contributed by atoms with Crippen LogP contribution in [0.1, 0.15) is 18.5 Å². The predicted molar refractivity (Wildman–Crippen MR) is 101 cm³/mol. The Morgan fingerprint density at radius 1 is 1.30 bits per heavy atom. The Kier molecular flexibility index (Phi) is 5.11. The zero-order valence-corrected chi connectivity index (χ0v) is 16.0. The van der Waals surface area contributed by atoms with Crippen molar-refractivity contribution in [2.45, 2.75) is 32.0 Å². The Balaban J connectivity index is 1.33. The second-order valence-corrected chi connectivity index (χ2v) is 7.81. The maximum Gasteiger partial charge on any atom is 0.226 e. The van der Waals surface area contributed by atoms with Gasteiger partial charge in [-0.25, -0.2) is 0 Å². The molecule has 1 aromatic heterocycles. The molecular weight excluding hydrogens is 342 g/mol. The lowest BCUT2D eigenvalue weighted by Crippen LogP contribution is -2.57. The van der Waals surface area contributed by atoms with E-state index in [4.69, 9.17) is 4.74 Å². The van der Waals surface area contributed by atoms with Crippen molar-refractivity contribution >= 4 is 5.91 Å². The van der Waals surface area contributed by atoms with E-state index in [1.807, 2.05) is 55.3 Å². The van der Waals surface area contributed by atoms with E-state index in [2.05, 4.69) is 15.2 Å². The van der Waals surface area contributed by atoms with E-state index in [9.17, 15) is 4.79 Å². The number of fused-ring (bicyclic) bond motifs is 3. The number of hydrogen-bond acceptors (Lipinski definition) is 5. The molecule has 4 heterocycles. The summed E-state index contributed by atoms with van der Waals surface area (Å²) in [5, 5.41) is 8.51. The number of carbonyl (C=O) groups excluding carboxylic acids is 1. The normalized spacial score (nSPS) is 26.7. The summed E-state index contributed by atoms with van der Waals surface area (Å²) in [5.41, 5.74) is 0.829. The highest BCUT2D eigenvalue weighted by molar-refractivity contribution is 5.79. The van der Waals surface area contributed by atoms with Crippen LogP contribution in [-0.4, -0.2) is 63.9 Å². The lowest BCUT2D eigenvalue weighted by atomic mass is 9.75. The van der Waals surface area contributed by atoms with Gasteiger partial charge in [0.25, 0.3) is 0 Å². The highest BCUT2D eigenvalue weighted by Gasteiger charge is 2.43. The SMILES string of the molecule is CN(C)C(=O)C1CN2CCC1CC2Cn1cc(COc2ccccc2)nn1. The zero-order valence-electron chi connectivity index (χ0n) is 16.0. The van der Waals surface area contributed by atoms with Crippen molar-refractivity contribution in [2.75, 3.05) is 27.2 Å². The molecule has 0 saturated carbocycles. The molecule has 4 unspecified atom stereocenters. The Bertz CT molecular complexity index is 776. The molecule has 7 nitrogen and oxygen atoms in total. The highest BCUT2D eigenvalue weighted by atomic mass is 16.5. The minimum atomic E-state index is 0.149. The molecule has 0 aliphatic carbocycles. The molecule has 3 aliphatic heterocycles. The number of hydrogen-bond donors (Lipinski definition) is 0. The van der Waals surface area contributed by atoms with E-state index < -0.39 is 0 Å². The van der Waals surface area contributed by atoms with E-state index in [1.54, 1.807) is 4.90 Å². The van der Waals surface area contributed by atoms with Gasteiger partial charge in [0, 0.05) is 26.7 Å². The van der Waals surface area contributed by atoms with Crippen molar-refractivity contribution in [3.05, 3.63) is 42.2 Å². The predicted octanol–water partition coefficient (Wildman–Crippen LogP) is 1.66. The molecule has 27 heavy (non-hydrogen) atoms. The fourth-order valence-corrected chi connectivity index (χ4v) is 4.32. The fraction of sp³-hybridized carbons (Fsp3) is 0.550. The van der Waals surface area contributed by atoms with Crippen LogP contribution >= 0.6 is 0 Å². The molecular formula is C20H27N5O2. The number of benzene rings is 1. The zero-order chi connectivity index (χ0) is 18.8. The number of para-hydroxylation sites is 1. The average Bonchev–Trinajstić information content (AvgIpc) is 3.14. The van der Waals surface area contributed by atoms with Gasteiger partial charge in [0.15, 0.2) is 0 Å². The number of piperidine rings is 3. The van der Waals surface area contributed by atoms with Crippen molar-refractivity contribution in [2.24, 2.45) is 11.8 Å². The summed E-state index contributed by atoms with van der Waals surface area (Å²) < 4.78 is 7.65. The molecule has 144 valence electrons. The molecule has 0 radical (unpaired) electrons. The van der Waals surface area contributed by atoms with Crippen LogP contribution in [0.2, 0.25) is 0 Å². The van der Waals surface area contributed by atoms with Crippen LogP contribution in [0.5, 0.6) is 5.75 Å². The second-order valence-electron chi connectivity index (χ2n) is 7.81. The van der Waals surface area contributed by atoms with Crippen LogP contribution in [0.15, 0.2) is 36.5 Å². The van der Waals surface area contributed by atoms with Crippen LogP contribution in [0, 0.1) is 11.8 Å². The number of rotatable bonds is 6. The molecule has 2 bridgehead atoms. The average molecular weight is 369 g/mol. The molecule has 3 saturated heterocycles. The van der Waals surface area contributed by atoms with Crippen molar-refractivity contribution in [3.63, 3.8) is 0 Å². The van der Waals surface area contributed by atoms with Gasteiger partial charge in [0.2, 0.25) is 5.91 Å². The Morgan fingerprint density at radius 2 is 2.11 bits per heavy atom. The molecule has 2 aromatic rings. The summed E-state index contributed by atoms with van der Waals surface area (Å²) in [4.78, 5) is 16.6. The first-order chi connectivity index (χ1) is 13.1. The summed E-state index contributed by atoms with van der Waals surface area (Å²) in [5.74, 6) is 1.73. The Morgan fingerprint density at radius 3 is 2.81 bits per heavy atom. The first-order valence-electron chi connectivity index (χ1n) is 9.62. The van der Waals surface area contributed by atoms with Crippen molar-refractivity contribution in [3.8, 4) is 5.75 Å². The van der Waals surface area contributed by atoms with E-state index in [1.165, 1.54) is 0 Å². The largest absolute Gasteiger partial charge is 0.487 e. The molecule has 4 atom stereocenters. The second kappa shape index (κ2) is 7.68. The third-order valence-corrected chi connectivity index (χ3v) is 5.75. The van der Waals surface area contributed by atoms with Gasteiger partial charge in [-0.1, -0.05) is 23.4 Å². The van der Waals surface area contributed by atoms with Crippen LogP contribution < -0.4 is 4.74 Å². The van der Waals surface area contributed by atoms with Gasteiger partial charge in [-0.3, -0.25) is 14.4 Å². The Hall–Kier alpha value is -2.41. The maximum atomic E-state index is 12.4. The standard InChI is InChI=1S/C20H27N5O2/c1-23(2)20(26)19-13-24-9-8-15(19)10-17(24)12-25-11-16(21-22-25)14-27-18-6-4-3-5-7-18/h3-7,11,15,17,19H,8-10,12-14H2,1-2H3. The lowest BCUT2D eigenvalue weighted by molar-refractivity contribution is -0.141. The van der Waals surface area contributed by atoms with Crippen LogP contribution in [0.25, 0.3) is 0 Å². The summed E-state index contributed by atoms with van der Waals surface area (Å²) in [6, 6.07) is 10.2. The molecule has 3 fully saturated rings. The van der Waals surface area contributed by atoms with E-state index in [0.29, 0.717) is 18.6 Å². The minimum Gasteiger partial charge on any atom is -0.487 e. The van der Waals surface area contributed by atoms with Gasteiger partial charge < -0.3 is 9.64 Å². The van der Waals surface area contributed by atoms with Gasteiger partial charge in [-0.15, -0.1) is 5.10 Å². The Labute approximate surface area is 159 Å². The monoisotopic (exact) mass is 369 g/mol. The number of carbonyl (C=O) groups is 1. The van der Waals surface area contributed by atoms with Crippen LogP contribution in [-0.2, 0) is 17.9 Å². The highest BCUT2D eigenvalue weighted by Crippen LogP contribution is 2.37. The minimum absolute atomic E-state index is 0.149. The molecule has 3 aliphatic rings. The van der Waals surface area contributed by atoms with Crippen molar-refractivity contribution in [1.82, 2.24) is 24.8 Å². The molecule has 1 aromatic carbocycles. The summed E-state index contributed by atoms with van der Waals surface area (Å²) in [7, 11) is 3.71. The van der Waals surface area contributed by atoms with Gasteiger partial charge in [0.1, 0.15) is 18.1 Å². The molecule has 0 N–H and O–H groups in total. The first kappa shape index (κ1) is 18.0.